The number of methoxy groups -OCH3 is 3. The maximum atomic E-state index is 13.3. The van der Waals surface area contributed by atoms with Gasteiger partial charge in [0.05, 0.1) is 38.0 Å². The topological polar surface area (TPSA) is 121 Å². The van der Waals surface area contributed by atoms with Crippen LogP contribution in [-0.2, 0) is 22.6 Å². The Balaban J connectivity index is 1.35. The van der Waals surface area contributed by atoms with Crippen molar-refractivity contribution in [2.75, 3.05) is 38.9 Å². The molecule has 0 bridgehead atoms. The molecule has 10 nitrogen and oxygen atoms in total. The number of hydrogen-bond donors (Lipinski definition) is 2. The number of carbonyl (C=O) groups excluding carboxylic acids is 2. The van der Waals surface area contributed by atoms with Gasteiger partial charge < -0.3 is 24.8 Å². The Hall–Kier alpha value is -4.51. The van der Waals surface area contributed by atoms with Gasteiger partial charge in [0.25, 0.3) is 5.56 Å². The normalized spacial score (nSPS) is 10.7. The smallest absolute Gasteiger partial charge is 0.262 e. The van der Waals surface area contributed by atoms with Crippen molar-refractivity contribution < 1.29 is 23.8 Å². The number of thioether (sulfide) groups is 1. The van der Waals surface area contributed by atoms with Gasteiger partial charge in [-0.2, -0.15) is 0 Å². The molecule has 42 heavy (non-hydrogen) atoms. The fourth-order valence-corrected chi connectivity index (χ4v) is 5.18. The molecule has 4 rings (SSSR count). The Morgan fingerprint density at radius 3 is 2.50 bits per heavy atom. The summed E-state index contributed by atoms with van der Waals surface area (Å²) in [6.07, 6.45) is 1.32. The molecule has 0 aliphatic rings. The largest absolute Gasteiger partial charge is 0.497 e. The average molecular weight is 591 g/mol. The zero-order valence-corrected chi connectivity index (χ0v) is 24.7. The van der Waals surface area contributed by atoms with Gasteiger partial charge in [-0.25, -0.2) is 4.98 Å². The highest BCUT2D eigenvalue weighted by atomic mass is 32.2. The van der Waals surface area contributed by atoms with E-state index < -0.39 is 0 Å². The first kappa shape index (κ1) is 30.4. The van der Waals surface area contributed by atoms with Gasteiger partial charge in [-0.05, 0) is 54.8 Å². The summed E-state index contributed by atoms with van der Waals surface area (Å²) in [5, 5.41) is 6.68. The predicted octanol–water partition coefficient (Wildman–Crippen LogP) is 4.29. The summed E-state index contributed by atoms with van der Waals surface area (Å²) in [4.78, 5) is 43.2. The Labute approximate surface area is 248 Å². The summed E-state index contributed by atoms with van der Waals surface area (Å²) < 4.78 is 17.4. The van der Waals surface area contributed by atoms with E-state index in [0.29, 0.717) is 64.9 Å². The molecular weight excluding hydrogens is 556 g/mol. The Bertz CT molecular complexity index is 1610. The first-order valence-corrected chi connectivity index (χ1v) is 14.4. The van der Waals surface area contributed by atoms with E-state index in [2.05, 4.69) is 15.6 Å². The number of benzene rings is 3. The monoisotopic (exact) mass is 590 g/mol. The van der Waals surface area contributed by atoms with Crippen LogP contribution in [0.5, 0.6) is 17.2 Å². The van der Waals surface area contributed by atoms with E-state index in [0.717, 1.165) is 5.56 Å². The lowest BCUT2D eigenvalue weighted by molar-refractivity contribution is -0.121. The van der Waals surface area contributed by atoms with E-state index >= 15 is 0 Å². The van der Waals surface area contributed by atoms with Crippen LogP contribution in [0.3, 0.4) is 0 Å². The Morgan fingerprint density at radius 1 is 0.905 bits per heavy atom. The quantitative estimate of drug-likeness (QED) is 0.165. The molecule has 2 N–H and O–H groups in total. The van der Waals surface area contributed by atoms with Gasteiger partial charge >= 0.3 is 0 Å². The van der Waals surface area contributed by atoms with Crippen LogP contribution in [0.4, 0.5) is 5.69 Å². The van der Waals surface area contributed by atoms with Crippen molar-refractivity contribution in [1.82, 2.24) is 14.9 Å². The molecule has 0 aliphatic carbocycles. The van der Waals surface area contributed by atoms with Crippen LogP contribution >= 0.6 is 11.8 Å². The van der Waals surface area contributed by atoms with Gasteiger partial charge in [0.15, 0.2) is 16.7 Å². The SMILES string of the molecule is COc1cccc(NC(=O)CSc2nc3ccccc3c(=O)n2CCCC(=O)NCCc2ccc(OC)c(OC)c2)c1. The van der Waals surface area contributed by atoms with Gasteiger partial charge in [-0.15, -0.1) is 0 Å². The number of rotatable bonds is 14. The lowest BCUT2D eigenvalue weighted by Crippen LogP contribution is -2.27. The number of hydrogen-bond acceptors (Lipinski definition) is 8. The highest BCUT2D eigenvalue weighted by Gasteiger charge is 2.14. The highest BCUT2D eigenvalue weighted by Crippen LogP contribution is 2.27. The number of fused-ring (bicyclic) bond motifs is 1. The van der Waals surface area contributed by atoms with Crippen molar-refractivity contribution in [3.8, 4) is 17.2 Å². The number of aromatic nitrogens is 2. The van der Waals surface area contributed by atoms with Crippen molar-refractivity contribution in [3.63, 3.8) is 0 Å². The number of amides is 2. The number of carbonyl (C=O) groups is 2. The molecule has 1 aromatic heterocycles. The third kappa shape index (κ3) is 8.03. The Kier molecular flexibility index (Phi) is 10.8. The number of para-hydroxylation sites is 1. The fraction of sp³-hybridized carbons (Fsp3) is 0.290. The van der Waals surface area contributed by atoms with Crippen molar-refractivity contribution >= 4 is 40.2 Å². The zero-order chi connectivity index (χ0) is 29.9. The molecule has 3 aromatic carbocycles. The predicted molar refractivity (Wildman–Crippen MR) is 164 cm³/mol. The van der Waals surface area contributed by atoms with Crippen LogP contribution in [0, 0.1) is 0 Å². The summed E-state index contributed by atoms with van der Waals surface area (Å²) in [5.41, 5.74) is 1.98. The number of ether oxygens (including phenoxy) is 3. The molecule has 0 unspecified atom stereocenters. The van der Waals surface area contributed by atoms with Gasteiger partial charge in [-0.1, -0.05) is 36.0 Å². The van der Waals surface area contributed by atoms with E-state index in [4.69, 9.17) is 14.2 Å². The first-order valence-electron chi connectivity index (χ1n) is 13.5. The second-order valence-electron chi connectivity index (χ2n) is 9.33. The fourth-order valence-electron chi connectivity index (χ4n) is 4.35. The molecular formula is C31H34N4O6S. The highest BCUT2D eigenvalue weighted by molar-refractivity contribution is 7.99. The van der Waals surface area contributed by atoms with Crippen LogP contribution in [0.25, 0.3) is 10.9 Å². The molecule has 0 fully saturated rings. The average Bonchev–Trinajstić information content (AvgIpc) is 3.01. The van der Waals surface area contributed by atoms with Gasteiger partial charge in [-0.3, -0.25) is 19.0 Å². The molecule has 0 spiro atoms. The molecule has 0 aliphatic heterocycles. The van der Waals surface area contributed by atoms with Crippen molar-refractivity contribution in [3.05, 3.63) is 82.6 Å². The summed E-state index contributed by atoms with van der Waals surface area (Å²) in [5.74, 6) is 1.63. The van der Waals surface area contributed by atoms with E-state index in [-0.39, 0.29) is 29.5 Å². The summed E-state index contributed by atoms with van der Waals surface area (Å²) >= 11 is 1.18. The summed E-state index contributed by atoms with van der Waals surface area (Å²) in [6.45, 7) is 0.759. The number of nitrogens with zero attached hydrogens (tertiary/aromatic N) is 2. The van der Waals surface area contributed by atoms with Gasteiger partial charge in [0.1, 0.15) is 5.75 Å². The summed E-state index contributed by atoms with van der Waals surface area (Å²) in [6, 6.07) is 19.8. The molecule has 0 atom stereocenters. The first-order chi connectivity index (χ1) is 20.4. The summed E-state index contributed by atoms with van der Waals surface area (Å²) in [7, 11) is 4.73. The van der Waals surface area contributed by atoms with Crippen LogP contribution in [0.2, 0.25) is 0 Å². The minimum atomic E-state index is -0.240. The number of anilines is 1. The van der Waals surface area contributed by atoms with E-state index in [1.165, 1.54) is 11.8 Å². The third-order valence-electron chi connectivity index (χ3n) is 6.48. The zero-order valence-electron chi connectivity index (χ0n) is 23.8. The molecule has 0 radical (unpaired) electrons. The van der Waals surface area contributed by atoms with Gasteiger partial charge in [0, 0.05) is 31.3 Å². The van der Waals surface area contributed by atoms with E-state index in [1.807, 2.05) is 24.3 Å². The van der Waals surface area contributed by atoms with Crippen LogP contribution < -0.4 is 30.4 Å². The number of nitrogens with one attached hydrogen (secondary N) is 2. The molecule has 0 saturated heterocycles. The van der Waals surface area contributed by atoms with Crippen LogP contribution in [0.1, 0.15) is 18.4 Å². The van der Waals surface area contributed by atoms with Crippen molar-refractivity contribution in [1.29, 1.82) is 0 Å². The van der Waals surface area contributed by atoms with E-state index in [1.54, 1.807) is 68.4 Å². The van der Waals surface area contributed by atoms with E-state index in [9.17, 15) is 14.4 Å². The van der Waals surface area contributed by atoms with Crippen LogP contribution in [0.15, 0.2) is 76.7 Å². The molecule has 1 heterocycles. The molecule has 0 saturated carbocycles. The minimum Gasteiger partial charge on any atom is -0.497 e. The standard InChI is InChI=1S/C31H34N4O6S/c1-39-23-9-6-8-22(19-23)33-29(37)20-42-31-34-25-11-5-4-10-24(25)30(38)35(31)17-7-12-28(36)32-16-15-21-13-14-26(40-2)27(18-21)41-3/h4-6,8-11,13-14,18-19H,7,12,15-17,20H2,1-3H3,(H,32,36)(H,33,37). The molecule has 2 amide bonds. The minimum absolute atomic E-state index is 0.0542. The second-order valence-corrected chi connectivity index (χ2v) is 10.3. The van der Waals surface area contributed by atoms with Crippen molar-refractivity contribution in [2.24, 2.45) is 0 Å². The third-order valence-corrected chi connectivity index (χ3v) is 7.46. The maximum absolute atomic E-state index is 13.3. The lowest BCUT2D eigenvalue weighted by atomic mass is 10.1. The van der Waals surface area contributed by atoms with Gasteiger partial charge in [0.2, 0.25) is 11.8 Å². The molecule has 11 heteroatoms. The Morgan fingerprint density at radius 2 is 1.71 bits per heavy atom. The van der Waals surface area contributed by atoms with Crippen LogP contribution in [-0.4, -0.2) is 55.0 Å². The molecule has 220 valence electrons. The van der Waals surface area contributed by atoms with Crippen molar-refractivity contribution in [2.45, 2.75) is 31.0 Å². The lowest BCUT2D eigenvalue weighted by Gasteiger charge is -2.13. The maximum Gasteiger partial charge on any atom is 0.262 e. The molecule has 4 aromatic rings. The second kappa shape index (κ2) is 14.9.